The Labute approximate surface area is 90.1 Å². The molecule has 3 atom stereocenters. The van der Waals surface area contributed by atoms with E-state index in [0.29, 0.717) is 10.5 Å². The summed E-state index contributed by atoms with van der Waals surface area (Å²) in [5.41, 5.74) is 9.02. The maximum atomic E-state index is 6.24. The highest BCUT2D eigenvalue weighted by Crippen LogP contribution is 2.45. The van der Waals surface area contributed by atoms with Gasteiger partial charge in [0.25, 0.3) is 0 Å². The van der Waals surface area contributed by atoms with E-state index in [4.69, 9.17) is 5.73 Å². The summed E-state index contributed by atoms with van der Waals surface area (Å²) < 4.78 is 0. The molecule has 0 amide bonds. The molecule has 0 saturated carbocycles. The Morgan fingerprint density at radius 1 is 1.29 bits per heavy atom. The van der Waals surface area contributed by atoms with E-state index in [1.54, 1.807) is 0 Å². The summed E-state index contributed by atoms with van der Waals surface area (Å²) in [7, 11) is 0. The first-order chi connectivity index (χ1) is 6.74. The fourth-order valence-corrected chi connectivity index (χ4v) is 3.55. The number of rotatable bonds is 1. The maximum absolute atomic E-state index is 6.24. The van der Waals surface area contributed by atoms with Gasteiger partial charge in [0.15, 0.2) is 0 Å². The number of hydrogen-bond acceptors (Lipinski definition) is 2. The minimum Gasteiger partial charge on any atom is -0.323 e. The topological polar surface area (TPSA) is 26.0 Å². The minimum atomic E-state index is 0.220. The smallest absolute Gasteiger partial charge is 0.0418 e. The third kappa shape index (κ3) is 1.57. The summed E-state index contributed by atoms with van der Waals surface area (Å²) in [5, 5.41) is 1.18. The maximum Gasteiger partial charge on any atom is 0.0418 e. The van der Waals surface area contributed by atoms with Gasteiger partial charge in [-0.05, 0) is 24.5 Å². The fourth-order valence-electron chi connectivity index (χ4n) is 2.16. The molecule has 2 rings (SSSR count). The van der Waals surface area contributed by atoms with E-state index < -0.39 is 0 Å². The van der Waals surface area contributed by atoms with Crippen LogP contribution in [0.4, 0.5) is 0 Å². The molecule has 0 spiro atoms. The van der Waals surface area contributed by atoms with Crippen molar-refractivity contribution in [2.24, 2.45) is 5.73 Å². The predicted molar refractivity (Wildman–Crippen MR) is 63.5 cm³/mol. The summed E-state index contributed by atoms with van der Waals surface area (Å²) in [6, 6.07) is 8.80. The van der Waals surface area contributed by atoms with Crippen molar-refractivity contribution in [3.05, 3.63) is 35.4 Å². The van der Waals surface area contributed by atoms with Crippen molar-refractivity contribution in [2.45, 2.75) is 36.8 Å². The van der Waals surface area contributed by atoms with Crippen molar-refractivity contribution in [1.82, 2.24) is 0 Å². The Bertz CT molecular complexity index is 324. The van der Waals surface area contributed by atoms with Gasteiger partial charge in [0.2, 0.25) is 0 Å². The lowest BCUT2D eigenvalue weighted by atomic mass is 9.95. The van der Waals surface area contributed by atoms with Crippen LogP contribution in [0.3, 0.4) is 0 Å². The molecule has 0 aliphatic carbocycles. The van der Waals surface area contributed by atoms with Crippen molar-refractivity contribution >= 4 is 11.8 Å². The molecule has 2 heteroatoms. The van der Waals surface area contributed by atoms with Crippen LogP contribution in [0.15, 0.2) is 24.3 Å². The van der Waals surface area contributed by atoms with E-state index in [0.717, 1.165) is 6.42 Å². The lowest BCUT2D eigenvalue weighted by Crippen LogP contribution is -2.28. The van der Waals surface area contributed by atoms with E-state index in [9.17, 15) is 0 Å². The monoisotopic (exact) mass is 207 g/mol. The molecular formula is C12H17NS. The number of benzene rings is 1. The van der Waals surface area contributed by atoms with E-state index >= 15 is 0 Å². The van der Waals surface area contributed by atoms with Crippen molar-refractivity contribution in [2.75, 3.05) is 0 Å². The molecule has 2 N–H and O–H groups in total. The van der Waals surface area contributed by atoms with Crippen LogP contribution in [-0.2, 0) is 0 Å². The van der Waals surface area contributed by atoms with Gasteiger partial charge in [-0.1, -0.05) is 31.2 Å². The quantitative estimate of drug-likeness (QED) is 0.765. The zero-order valence-corrected chi connectivity index (χ0v) is 9.55. The molecule has 0 bridgehead atoms. The zero-order valence-electron chi connectivity index (χ0n) is 8.73. The van der Waals surface area contributed by atoms with Crippen LogP contribution in [0.2, 0.25) is 0 Å². The lowest BCUT2D eigenvalue weighted by molar-refractivity contribution is 0.634. The van der Waals surface area contributed by atoms with E-state index in [1.165, 1.54) is 11.1 Å². The Morgan fingerprint density at radius 3 is 2.57 bits per heavy atom. The molecule has 1 aliphatic rings. The summed E-state index contributed by atoms with van der Waals surface area (Å²) >= 11 is 2.01. The van der Waals surface area contributed by atoms with Crippen molar-refractivity contribution in [3.63, 3.8) is 0 Å². The van der Waals surface area contributed by atoms with Gasteiger partial charge in [-0.15, -0.1) is 11.8 Å². The summed E-state index contributed by atoms with van der Waals surface area (Å²) in [4.78, 5) is 0. The molecule has 3 unspecified atom stereocenters. The van der Waals surface area contributed by atoms with Gasteiger partial charge >= 0.3 is 0 Å². The first-order valence-electron chi connectivity index (χ1n) is 5.24. The molecular weight excluding hydrogens is 190 g/mol. The van der Waals surface area contributed by atoms with Crippen LogP contribution >= 0.6 is 11.8 Å². The second-order valence-electron chi connectivity index (χ2n) is 3.88. The number of fused-ring (bicyclic) bond motifs is 1. The SMILES string of the molecule is CCC1SC(C)c2ccccc2C1N. The Hall–Kier alpha value is -0.470. The average molecular weight is 207 g/mol. The van der Waals surface area contributed by atoms with Gasteiger partial charge < -0.3 is 5.73 Å². The van der Waals surface area contributed by atoms with Crippen molar-refractivity contribution in [1.29, 1.82) is 0 Å². The molecule has 1 aromatic rings. The highest BCUT2D eigenvalue weighted by molar-refractivity contribution is 8.00. The summed E-state index contributed by atoms with van der Waals surface area (Å²) in [6.07, 6.45) is 1.16. The lowest BCUT2D eigenvalue weighted by Gasteiger charge is -2.33. The highest BCUT2D eigenvalue weighted by Gasteiger charge is 2.29. The standard InChI is InChI=1S/C12H17NS/c1-3-11-12(13)10-7-5-4-6-9(10)8(2)14-11/h4-8,11-12H,3,13H2,1-2H3. The number of hydrogen-bond donors (Lipinski definition) is 1. The molecule has 1 aliphatic heterocycles. The van der Waals surface area contributed by atoms with Crippen LogP contribution in [0, 0.1) is 0 Å². The average Bonchev–Trinajstić information content (AvgIpc) is 2.23. The second kappa shape index (κ2) is 3.95. The minimum absolute atomic E-state index is 0.220. The van der Waals surface area contributed by atoms with Crippen LogP contribution < -0.4 is 5.73 Å². The van der Waals surface area contributed by atoms with Gasteiger partial charge in [0.1, 0.15) is 0 Å². The Morgan fingerprint density at radius 2 is 1.93 bits per heavy atom. The zero-order chi connectivity index (χ0) is 10.1. The van der Waals surface area contributed by atoms with Gasteiger partial charge in [-0.3, -0.25) is 0 Å². The first kappa shape index (κ1) is 10.1. The molecule has 0 fully saturated rings. The third-order valence-electron chi connectivity index (χ3n) is 2.97. The highest BCUT2D eigenvalue weighted by atomic mass is 32.2. The molecule has 0 radical (unpaired) electrons. The molecule has 14 heavy (non-hydrogen) atoms. The third-order valence-corrected chi connectivity index (χ3v) is 4.61. The van der Waals surface area contributed by atoms with E-state index in [2.05, 4.69) is 38.1 Å². The van der Waals surface area contributed by atoms with Crippen LogP contribution in [-0.4, -0.2) is 5.25 Å². The largest absolute Gasteiger partial charge is 0.323 e. The van der Waals surface area contributed by atoms with Crippen LogP contribution in [0.25, 0.3) is 0 Å². The van der Waals surface area contributed by atoms with Gasteiger partial charge in [-0.2, -0.15) is 0 Å². The summed E-state index contributed by atoms with van der Waals surface area (Å²) in [5.74, 6) is 0. The van der Waals surface area contributed by atoms with Gasteiger partial charge in [0.05, 0.1) is 0 Å². The summed E-state index contributed by atoms with van der Waals surface area (Å²) in [6.45, 7) is 4.50. The first-order valence-corrected chi connectivity index (χ1v) is 6.18. The molecule has 1 nitrogen and oxygen atoms in total. The van der Waals surface area contributed by atoms with Crippen molar-refractivity contribution in [3.8, 4) is 0 Å². The second-order valence-corrected chi connectivity index (χ2v) is 5.46. The predicted octanol–water partition coefficient (Wildman–Crippen LogP) is 3.27. The molecule has 1 aromatic carbocycles. The van der Waals surface area contributed by atoms with Crippen LogP contribution in [0.5, 0.6) is 0 Å². The van der Waals surface area contributed by atoms with Crippen molar-refractivity contribution < 1.29 is 0 Å². The number of thioether (sulfide) groups is 1. The fraction of sp³-hybridized carbons (Fsp3) is 0.500. The molecule has 76 valence electrons. The van der Waals surface area contributed by atoms with E-state index in [1.807, 2.05) is 11.8 Å². The molecule has 0 aromatic heterocycles. The van der Waals surface area contributed by atoms with E-state index in [-0.39, 0.29) is 6.04 Å². The Balaban J connectivity index is 2.41. The van der Waals surface area contributed by atoms with Crippen LogP contribution in [0.1, 0.15) is 42.7 Å². The normalized spacial score (nSPS) is 31.2. The van der Waals surface area contributed by atoms with Gasteiger partial charge in [-0.25, -0.2) is 0 Å². The van der Waals surface area contributed by atoms with Gasteiger partial charge in [0, 0.05) is 16.5 Å². The Kier molecular flexibility index (Phi) is 2.84. The molecule has 0 saturated heterocycles. The number of nitrogens with two attached hydrogens (primary N) is 1. The molecule has 1 heterocycles.